The molecule has 0 saturated carbocycles. The van der Waals surface area contributed by atoms with E-state index in [1.165, 1.54) is 42.9 Å². The maximum Gasteiger partial charge on any atom is 0.425 e. The van der Waals surface area contributed by atoms with Gasteiger partial charge in [-0.25, -0.2) is 8.42 Å². The highest BCUT2D eigenvalue weighted by atomic mass is 32.2. The average molecular weight is 451 g/mol. The molecule has 10 heteroatoms. The average Bonchev–Trinajstić information content (AvgIpc) is 3.28. The molecule has 4 aromatic rings. The monoisotopic (exact) mass is 451 g/mol. The van der Waals surface area contributed by atoms with E-state index in [1.807, 2.05) is 0 Å². The van der Waals surface area contributed by atoms with Crippen LogP contribution < -0.4 is 0 Å². The fraction of sp³-hybridized carbons (Fsp3) is 0.286. The normalized spacial score (nSPS) is 15.1. The van der Waals surface area contributed by atoms with Crippen molar-refractivity contribution in [2.45, 2.75) is 30.9 Å². The van der Waals surface area contributed by atoms with E-state index in [0.29, 0.717) is 5.52 Å². The number of rotatable bonds is 4. The first-order chi connectivity index (χ1) is 14.4. The molecule has 0 saturated heterocycles. The molecule has 0 spiro atoms. The number of aliphatic hydroxyl groups is 1. The lowest BCUT2D eigenvalue weighted by Gasteiger charge is -2.31. The van der Waals surface area contributed by atoms with Crippen LogP contribution >= 0.6 is 0 Å². The highest BCUT2D eigenvalue weighted by molar-refractivity contribution is 7.90. The predicted molar refractivity (Wildman–Crippen MR) is 111 cm³/mol. The third kappa shape index (κ3) is 3.04. The van der Waals surface area contributed by atoms with Crippen LogP contribution in [0.25, 0.3) is 21.8 Å². The summed E-state index contributed by atoms with van der Waals surface area (Å²) in [4.78, 5) is 0. The van der Waals surface area contributed by atoms with E-state index < -0.39 is 32.6 Å². The summed E-state index contributed by atoms with van der Waals surface area (Å²) >= 11 is 0. The topological polar surface area (TPSA) is 77.1 Å². The van der Waals surface area contributed by atoms with Gasteiger partial charge in [-0.3, -0.25) is 0 Å². The zero-order valence-electron chi connectivity index (χ0n) is 16.9. The first-order valence-corrected chi connectivity index (χ1v) is 11.0. The molecular formula is C21H20F3N3O3S. The molecule has 2 aromatic carbocycles. The van der Waals surface area contributed by atoms with E-state index in [2.05, 4.69) is 5.10 Å². The second kappa shape index (κ2) is 6.83. The van der Waals surface area contributed by atoms with E-state index in [4.69, 9.17) is 0 Å². The molecule has 0 aliphatic rings. The predicted octanol–water partition coefficient (Wildman–Crippen LogP) is 3.91. The summed E-state index contributed by atoms with van der Waals surface area (Å²) in [5, 5.41) is 14.7. The second-order valence-electron chi connectivity index (χ2n) is 7.73. The molecule has 0 amide bonds. The molecule has 0 aliphatic carbocycles. The number of aryl methyl sites for hydroxylation is 1. The standard InChI is InChI=1S/C21H20F3N3O3S/c1-13(2)31(29,30)27-18-9-8-15(10-14(18)11-25-27)20(28,21(22,23)24)17-12-26(3)19-7-5-4-6-16(17)19/h4-13,28H,1-3H3. The van der Waals surface area contributed by atoms with Crippen LogP contribution in [0.4, 0.5) is 13.2 Å². The summed E-state index contributed by atoms with van der Waals surface area (Å²) in [5.74, 6) is 0. The zero-order chi connectivity index (χ0) is 22.8. The van der Waals surface area contributed by atoms with Crippen molar-refractivity contribution in [2.75, 3.05) is 0 Å². The number of hydrogen-bond donors (Lipinski definition) is 1. The number of aromatic nitrogens is 3. The molecule has 1 unspecified atom stereocenters. The summed E-state index contributed by atoms with van der Waals surface area (Å²) in [6, 6.07) is 9.95. The van der Waals surface area contributed by atoms with Crippen molar-refractivity contribution < 1.29 is 26.7 Å². The van der Waals surface area contributed by atoms with Gasteiger partial charge in [-0.15, -0.1) is 0 Å². The van der Waals surface area contributed by atoms with Gasteiger partial charge in [0.05, 0.1) is 17.0 Å². The lowest BCUT2D eigenvalue weighted by Crippen LogP contribution is -2.43. The summed E-state index contributed by atoms with van der Waals surface area (Å²) in [6.45, 7) is 2.97. The summed E-state index contributed by atoms with van der Waals surface area (Å²) < 4.78 is 70.3. The molecule has 0 radical (unpaired) electrons. The number of alkyl halides is 3. The van der Waals surface area contributed by atoms with Gasteiger partial charge in [-0.2, -0.15) is 22.4 Å². The van der Waals surface area contributed by atoms with Crippen LogP contribution in [0.3, 0.4) is 0 Å². The Morgan fingerprint density at radius 1 is 1.06 bits per heavy atom. The van der Waals surface area contributed by atoms with Crippen LogP contribution in [0, 0.1) is 0 Å². The largest absolute Gasteiger partial charge is 0.425 e. The second-order valence-corrected chi connectivity index (χ2v) is 10.1. The van der Waals surface area contributed by atoms with Crippen molar-refractivity contribution in [1.29, 1.82) is 0 Å². The SMILES string of the molecule is CC(C)S(=O)(=O)n1ncc2cc(C(O)(c3cn(C)c4ccccc34)C(F)(F)F)ccc21. The van der Waals surface area contributed by atoms with Crippen LogP contribution in [0.1, 0.15) is 25.0 Å². The highest BCUT2D eigenvalue weighted by Gasteiger charge is 2.57. The molecule has 0 bridgehead atoms. The fourth-order valence-electron chi connectivity index (χ4n) is 3.74. The van der Waals surface area contributed by atoms with Crippen LogP contribution in [0.5, 0.6) is 0 Å². The fourth-order valence-corrected chi connectivity index (χ4v) is 4.76. The third-order valence-corrected chi connectivity index (χ3v) is 7.45. The van der Waals surface area contributed by atoms with Crippen LogP contribution in [0.15, 0.2) is 54.9 Å². The van der Waals surface area contributed by atoms with Crippen molar-refractivity contribution in [3.05, 3.63) is 66.0 Å². The van der Waals surface area contributed by atoms with Crippen LogP contribution in [0.2, 0.25) is 0 Å². The van der Waals surface area contributed by atoms with E-state index in [9.17, 15) is 26.7 Å². The molecular weight excluding hydrogens is 431 g/mol. The molecule has 31 heavy (non-hydrogen) atoms. The number of nitrogens with zero attached hydrogens (tertiary/aromatic N) is 3. The van der Waals surface area contributed by atoms with Gasteiger partial charge in [0.25, 0.3) is 10.0 Å². The molecule has 0 fully saturated rings. The molecule has 0 aliphatic heterocycles. The minimum Gasteiger partial charge on any atom is -0.372 e. The molecule has 1 N–H and O–H groups in total. The Labute approximate surface area is 176 Å². The van der Waals surface area contributed by atoms with Crippen molar-refractivity contribution in [3.8, 4) is 0 Å². The first-order valence-electron chi connectivity index (χ1n) is 9.45. The molecule has 6 nitrogen and oxygen atoms in total. The van der Waals surface area contributed by atoms with Gasteiger partial charge in [0.1, 0.15) is 0 Å². The lowest BCUT2D eigenvalue weighted by atomic mass is 9.85. The quantitative estimate of drug-likeness (QED) is 0.510. The highest BCUT2D eigenvalue weighted by Crippen LogP contribution is 2.47. The van der Waals surface area contributed by atoms with Crippen molar-refractivity contribution >= 4 is 31.8 Å². The maximum atomic E-state index is 14.3. The zero-order valence-corrected chi connectivity index (χ0v) is 17.7. The molecule has 4 rings (SSSR count). The van der Waals surface area contributed by atoms with Gasteiger partial charge in [0.2, 0.25) is 5.60 Å². The number of hydrogen-bond acceptors (Lipinski definition) is 4. The molecule has 2 heterocycles. The minimum absolute atomic E-state index is 0.139. The van der Waals surface area contributed by atoms with Gasteiger partial charge < -0.3 is 9.67 Å². The van der Waals surface area contributed by atoms with Crippen LogP contribution in [-0.4, -0.2) is 38.7 Å². The number of fused-ring (bicyclic) bond motifs is 2. The van der Waals surface area contributed by atoms with Gasteiger partial charge in [0.15, 0.2) is 0 Å². The van der Waals surface area contributed by atoms with Crippen molar-refractivity contribution in [1.82, 2.24) is 13.8 Å². The smallest absolute Gasteiger partial charge is 0.372 e. The first kappa shape index (κ1) is 21.4. The summed E-state index contributed by atoms with van der Waals surface area (Å²) in [7, 11) is -2.19. The number of benzene rings is 2. The maximum absolute atomic E-state index is 14.3. The Morgan fingerprint density at radius 3 is 2.39 bits per heavy atom. The number of halogens is 3. The number of para-hydroxylation sites is 1. The van der Waals surface area contributed by atoms with Crippen molar-refractivity contribution in [2.24, 2.45) is 7.05 Å². The van der Waals surface area contributed by atoms with E-state index >= 15 is 0 Å². The third-order valence-electron chi connectivity index (χ3n) is 5.49. The Bertz CT molecular complexity index is 1400. The molecule has 164 valence electrons. The van der Waals surface area contributed by atoms with Gasteiger partial charge >= 0.3 is 6.18 Å². The molecule has 1 atom stereocenters. The Morgan fingerprint density at radius 2 is 1.74 bits per heavy atom. The summed E-state index contributed by atoms with van der Waals surface area (Å²) in [6.07, 6.45) is -2.60. The van der Waals surface area contributed by atoms with E-state index in [0.717, 1.165) is 16.2 Å². The Balaban J connectivity index is 1.98. The minimum atomic E-state index is -5.04. The van der Waals surface area contributed by atoms with Crippen LogP contribution in [-0.2, 0) is 22.7 Å². The summed E-state index contributed by atoms with van der Waals surface area (Å²) in [5.41, 5.74) is -3.36. The molecule has 2 aromatic heterocycles. The Hall–Kier alpha value is -2.85. The van der Waals surface area contributed by atoms with Gasteiger partial charge in [0, 0.05) is 35.1 Å². The van der Waals surface area contributed by atoms with E-state index in [1.54, 1.807) is 25.2 Å². The van der Waals surface area contributed by atoms with E-state index in [-0.39, 0.29) is 21.9 Å². The van der Waals surface area contributed by atoms with Gasteiger partial charge in [-0.05, 0) is 37.6 Å². The lowest BCUT2D eigenvalue weighted by molar-refractivity contribution is -0.247. The van der Waals surface area contributed by atoms with Gasteiger partial charge in [-0.1, -0.05) is 24.3 Å². The van der Waals surface area contributed by atoms with Crippen molar-refractivity contribution in [3.63, 3.8) is 0 Å². The Kier molecular flexibility index (Phi) is 4.71.